The van der Waals surface area contributed by atoms with Gasteiger partial charge < -0.3 is 21.1 Å². The van der Waals surface area contributed by atoms with Crippen LogP contribution in [-0.4, -0.2) is 35.9 Å². The van der Waals surface area contributed by atoms with Crippen molar-refractivity contribution in [3.63, 3.8) is 0 Å². The van der Waals surface area contributed by atoms with E-state index in [1.165, 1.54) is 4.90 Å². The fourth-order valence-electron chi connectivity index (χ4n) is 2.40. The summed E-state index contributed by atoms with van der Waals surface area (Å²) in [6, 6.07) is 6.80. The zero-order chi connectivity index (χ0) is 14.5. The fourth-order valence-corrected chi connectivity index (χ4v) is 2.40. The molecule has 1 aromatic carbocycles. The van der Waals surface area contributed by atoms with E-state index in [-0.39, 0.29) is 12.5 Å². The maximum absolute atomic E-state index is 12.1. The van der Waals surface area contributed by atoms with Gasteiger partial charge in [0.25, 0.3) is 5.91 Å². The van der Waals surface area contributed by atoms with Crippen molar-refractivity contribution in [2.75, 3.05) is 13.2 Å². The van der Waals surface area contributed by atoms with Gasteiger partial charge in [-0.25, -0.2) is 0 Å². The molecule has 1 fully saturated rings. The van der Waals surface area contributed by atoms with E-state index < -0.39 is 11.9 Å². The van der Waals surface area contributed by atoms with Gasteiger partial charge in [-0.2, -0.15) is 0 Å². The van der Waals surface area contributed by atoms with Gasteiger partial charge in [0.2, 0.25) is 5.91 Å². The molecular formula is C14H19N3O3. The quantitative estimate of drug-likeness (QED) is 0.791. The molecule has 1 aliphatic heterocycles. The zero-order valence-electron chi connectivity index (χ0n) is 11.2. The topological polar surface area (TPSA) is 98.7 Å². The normalized spacial score (nSPS) is 18.1. The number of carbonyl (C=O) groups excluding carboxylic acids is 2. The molecule has 4 N–H and O–H groups in total. The number of hydrogen-bond donors (Lipinski definition) is 2. The molecule has 0 spiro atoms. The smallest absolute Gasteiger partial charge is 0.261 e. The van der Waals surface area contributed by atoms with Crippen LogP contribution in [0.4, 0.5) is 0 Å². The number of primary amides is 1. The van der Waals surface area contributed by atoms with Gasteiger partial charge in [0.05, 0.1) is 0 Å². The van der Waals surface area contributed by atoms with E-state index in [1.54, 1.807) is 6.07 Å². The second kappa shape index (κ2) is 6.38. The van der Waals surface area contributed by atoms with Crippen LogP contribution in [0.2, 0.25) is 0 Å². The van der Waals surface area contributed by atoms with Crippen molar-refractivity contribution in [1.82, 2.24) is 4.90 Å². The molecule has 1 atom stereocenters. The Morgan fingerprint density at radius 2 is 2.10 bits per heavy atom. The third kappa shape index (κ3) is 3.08. The number of nitrogens with zero attached hydrogens (tertiary/aromatic N) is 1. The molecule has 0 radical (unpaired) electrons. The number of likely N-dealkylation sites (tertiary alicyclic amines) is 1. The number of amides is 2. The lowest BCUT2D eigenvalue weighted by molar-refractivity contribution is -0.138. The van der Waals surface area contributed by atoms with E-state index in [1.807, 2.05) is 18.2 Å². The number of para-hydroxylation sites is 1. The van der Waals surface area contributed by atoms with Crippen molar-refractivity contribution in [3.8, 4) is 5.75 Å². The molecule has 1 unspecified atom stereocenters. The van der Waals surface area contributed by atoms with Crippen molar-refractivity contribution in [1.29, 1.82) is 0 Å². The predicted octanol–water partition coefficient (Wildman–Crippen LogP) is 0.000400. The molecule has 1 heterocycles. The van der Waals surface area contributed by atoms with E-state index in [0.29, 0.717) is 25.3 Å². The summed E-state index contributed by atoms with van der Waals surface area (Å²) >= 11 is 0. The summed E-state index contributed by atoms with van der Waals surface area (Å²) in [5.41, 5.74) is 11.7. The second-order valence-electron chi connectivity index (χ2n) is 4.75. The molecule has 0 bridgehead atoms. The number of ether oxygens (including phenoxy) is 1. The Hall–Kier alpha value is -2.08. The highest BCUT2D eigenvalue weighted by atomic mass is 16.5. The molecule has 0 aromatic heterocycles. The summed E-state index contributed by atoms with van der Waals surface area (Å²) in [6.07, 6.45) is 1.42. The third-order valence-corrected chi connectivity index (χ3v) is 3.45. The monoisotopic (exact) mass is 277 g/mol. The summed E-state index contributed by atoms with van der Waals surface area (Å²) in [6.45, 7) is 0.785. The van der Waals surface area contributed by atoms with Crippen LogP contribution in [0, 0.1) is 0 Å². The first-order valence-electron chi connectivity index (χ1n) is 6.63. The molecule has 6 nitrogen and oxygen atoms in total. The van der Waals surface area contributed by atoms with Crippen molar-refractivity contribution in [3.05, 3.63) is 29.8 Å². The summed E-state index contributed by atoms with van der Waals surface area (Å²) in [4.78, 5) is 24.9. The Labute approximate surface area is 117 Å². The standard InChI is InChI=1S/C14H19N3O3/c15-8-10-4-1-2-6-12(10)20-9-13(18)17-7-3-5-11(17)14(16)19/h1-2,4,6,11H,3,5,7-9,15H2,(H2,16,19). The van der Waals surface area contributed by atoms with Gasteiger partial charge in [-0.3, -0.25) is 9.59 Å². The Bertz CT molecular complexity index is 504. The molecule has 1 aromatic rings. The summed E-state index contributed by atoms with van der Waals surface area (Å²) in [5, 5.41) is 0. The molecular weight excluding hydrogens is 258 g/mol. The van der Waals surface area contributed by atoms with Crippen LogP contribution in [0.1, 0.15) is 18.4 Å². The van der Waals surface area contributed by atoms with Crippen LogP contribution in [0.15, 0.2) is 24.3 Å². The van der Waals surface area contributed by atoms with E-state index in [4.69, 9.17) is 16.2 Å². The van der Waals surface area contributed by atoms with E-state index in [2.05, 4.69) is 0 Å². The van der Waals surface area contributed by atoms with Gasteiger partial charge >= 0.3 is 0 Å². The number of benzene rings is 1. The fraction of sp³-hybridized carbons (Fsp3) is 0.429. The minimum absolute atomic E-state index is 0.110. The Kier molecular flexibility index (Phi) is 4.57. The van der Waals surface area contributed by atoms with Crippen LogP contribution in [0.5, 0.6) is 5.75 Å². The van der Waals surface area contributed by atoms with Gasteiger partial charge in [0.1, 0.15) is 11.8 Å². The van der Waals surface area contributed by atoms with Crippen LogP contribution in [-0.2, 0) is 16.1 Å². The highest BCUT2D eigenvalue weighted by molar-refractivity contribution is 5.87. The van der Waals surface area contributed by atoms with Crippen LogP contribution in [0.3, 0.4) is 0 Å². The van der Waals surface area contributed by atoms with Crippen LogP contribution >= 0.6 is 0 Å². The van der Waals surface area contributed by atoms with Crippen molar-refractivity contribution < 1.29 is 14.3 Å². The molecule has 0 saturated carbocycles. The average Bonchev–Trinajstić information content (AvgIpc) is 2.94. The Morgan fingerprint density at radius 1 is 1.35 bits per heavy atom. The predicted molar refractivity (Wildman–Crippen MR) is 73.8 cm³/mol. The van der Waals surface area contributed by atoms with Crippen molar-refractivity contribution in [2.24, 2.45) is 11.5 Å². The number of hydrogen-bond acceptors (Lipinski definition) is 4. The second-order valence-corrected chi connectivity index (χ2v) is 4.75. The minimum atomic E-state index is -0.504. The summed E-state index contributed by atoms with van der Waals surface area (Å²) in [5.74, 6) is -0.0884. The molecule has 2 rings (SSSR count). The maximum Gasteiger partial charge on any atom is 0.261 e. The van der Waals surface area contributed by atoms with Gasteiger partial charge in [-0.05, 0) is 18.9 Å². The highest BCUT2D eigenvalue weighted by Gasteiger charge is 2.32. The van der Waals surface area contributed by atoms with E-state index in [0.717, 1.165) is 12.0 Å². The summed E-state index contributed by atoms with van der Waals surface area (Å²) < 4.78 is 5.51. The highest BCUT2D eigenvalue weighted by Crippen LogP contribution is 2.19. The maximum atomic E-state index is 12.1. The van der Waals surface area contributed by atoms with Gasteiger partial charge in [-0.15, -0.1) is 0 Å². The average molecular weight is 277 g/mol. The van der Waals surface area contributed by atoms with Crippen LogP contribution in [0.25, 0.3) is 0 Å². The Balaban J connectivity index is 1.97. The lowest BCUT2D eigenvalue weighted by Crippen LogP contribution is -2.45. The van der Waals surface area contributed by atoms with Gasteiger partial charge in [-0.1, -0.05) is 18.2 Å². The van der Waals surface area contributed by atoms with Crippen molar-refractivity contribution in [2.45, 2.75) is 25.4 Å². The molecule has 108 valence electrons. The van der Waals surface area contributed by atoms with Crippen molar-refractivity contribution >= 4 is 11.8 Å². The number of rotatable bonds is 5. The van der Waals surface area contributed by atoms with E-state index in [9.17, 15) is 9.59 Å². The zero-order valence-corrected chi connectivity index (χ0v) is 11.2. The first-order valence-corrected chi connectivity index (χ1v) is 6.63. The molecule has 2 amide bonds. The molecule has 0 aliphatic carbocycles. The lowest BCUT2D eigenvalue weighted by Gasteiger charge is -2.22. The van der Waals surface area contributed by atoms with E-state index >= 15 is 0 Å². The van der Waals surface area contributed by atoms with Crippen LogP contribution < -0.4 is 16.2 Å². The summed E-state index contributed by atoms with van der Waals surface area (Å²) in [7, 11) is 0. The number of carbonyl (C=O) groups is 2. The largest absolute Gasteiger partial charge is 0.483 e. The molecule has 1 aliphatic rings. The minimum Gasteiger partial charge on any atom is -0.483 e. The molecule has 6 heteroatoms. The molecule has 20 heavy (non-hydrogen) atoms. The Morgan fingerprint density at radius 3 is 2.80 bits per heavy atom. The lowest BCUT2D eigenvalue weighted by atomic mass is 10.2. The van der Waals surface area contributed by atoms with Gasteiger partial charge in [0, 0.05) is 18.7 Å². The van der Waals surface area contributed by atoms with Gasteiger partial charge in [0.15, 0.2) is 6.61 Å². The third-order valence-electron chi connectivity index (χ3n) is 3.45. The molecule has 1 saturated heterocycles. The first-order chi connectivity index (χ1) is 9.63. The first kappa shape index (κ1) is 14.3. The number of nitrogens with two attached hydrogens (primary N) is 2. The SMILES string of the molecule is NCc1ccccc1OCC(=O)N1CCCC1C(N)=O.